The molecule has 146 valence electrons. The van der Waals surface area contributed by atoms with Crippen molar-refractivity contribution < 1.29 is 19.1 Å². The summed E-state index contributed by atoms with van der Waals surface area (Å²) in [5.41, 5.74) is 4.68. The molecule has 0 aromatic heterocycles. The molecule has 28 heavy (non-hydrogen) atoms. The van der Waals surface area contributed by atoms with Gasteiger partial charge >= 0.3 is 5.97 Å². The zero-order valence-electron chi connectivity index (χ0n) is 16.3. The number of carbonyl (C=O) groups excluding carboxylic acids is 2. The highest BCUT2D eigenvalue weighted by Gasteiger charge is 2.34. The zero-order chi connectivity index (χ0) is 19.7. The number of hydrogen-bond acceptors (Lipinski definition) is 4. The minimum atomic E-state index is -0.857. The van der Waals surface area contributed by atoms with E-state index in [1.165, 1.54) is 17.5 Å². The predicted octanol–water partition coefficient (Wildman–Crippen LogP) is 3.46. The van der Waals surface area contributed by atoms with Gasteiger partial charge in [-0.15, -0.1) is 0 Å². The van der Waals surface area contributed by atoms with Crippen LogP contribution in [0.2, 0.25) is 0 Å². The first-order chi connectivity index (χ1) is 13.5. The van der Waals surface area contributed by atoms with Crippen LogP contribution >= 0.6 is 0 Å². The predicted molar refractivity (Wildman–Crippen MR) is 107 cm³/mol. The van der Waals surface area contributed by atoms with Gasteiger partial charge in [0, 0.05) is 11.7 Å². The highest BCUT2D eigenvalue weighted by molar-refractivity contribution is 5.99. The van der Waals surface area contributed by atoms with Crippen molar-refractivity contribution in [2.75, 3.05) is 11.5 Å². The standard InChI is InChI=1S/C23H25NO4/c1-15-12-19-6-3-4-9-21(19)24(15)23(26)16(2)28-22(25)14-27-20-11-10-17-7-5-8-18(17)13-20/h3-4,6,9-11,13,15-16H,5,7-8,12,14H2,1-2H3/t15-,16-/m1/s1. The summed E-state index contributed by atoms with van der Waals surface area (Å²) in [7, 11) is 0. The Morgan fingerprint density at radius 1 is 1.11 bits per heavy atom. The molecule has 2 atom stereocenters. The van der Waals surface area contributed by atoms with Crippen LogP contribution in [0.5, 0.6) is 5.75 Å². The van der Waals surface area contributed by atoms with Gasteiger partial charge in [-0.3, -0.25) is 4.79 Å². The number of ether oxygens (including phenoxy) is 2. The molecule has 2 aromatic rings. The van der Waals surface area contributed by atoms with E-state index in [-0.39, 0.29) is 18.6 Å². The van der Waals surface area contributed by atoms with Crippen molar-refractivity contribution >= 4 is 17.6 Å². The van der Waals surface area contributed by atoms with E-state index in [0.29, 0.717) is 5.75 Å². The van der Waals surface area contributed by atoms with Crippen LogP contribution in [0.25, 0.3) is 0 Å². The van der Waals surface area contributed by atoms with Crippen LogP contribution in [-0.2, 0) is 33.6 Å². The fraction of sp³-hybridized carbons (Fsp3) is 0.391. The quantitative estimate of drug-likeness (QED) is 0.747. The molecule has 0 unspecified atom stereocenters. The second kappa shape index (κ2) is 7.66. The van der Waals surface area contributed by atoms with Gasteiger partial charge in [-0.25, -0.2) is 4.79 Å². The number of anilines is 1. The summed E-state index contributed by atoms with van der Waals surface area (Å²) < 4.78 is 10.9. The van der Waals surface area contributed by atoms with Crippen LogP contribution in [0, 0.1) is 0 Å². The van der Waals surface area contributed by atoms with Crippen molar-refractivity contribution in [3.8, 4) is 5.75 Å². The van der Waals surface area contributed by atoms with Gasteiger partial charge in [-0.05, 0) is 74.4 Å². The van der Waals surface area contributed by atoms with Crippen molar-refractivity contribution in [1.29, 1.82) is 0 Å². The number of aryl methyl sites for hydroxylation is 2. The fourth-order valence-corrected chi connectivity index (χ4v) is 4.16. The van der Waals surface area contributed by atoms with Gasteiger partial charge in [0.2, 0.25) is 0 Å². The highest BCUT2D eigenvalue weighted by atomic mass is 16.6. The van der Waals surface area contributed by atoms with E-state index >= 15 is 0 Å². The molecule has 0 spiro atoms. The molecular weight excluding hydrogens is 354 g/mol. The number of hydrogen-bond donors (Lipinski definition) is 0. The van der Waals surface area contributed by atoms with Gasteiger partial charge < -0.3 is 14.4 Å². The van der Waals surface area contributed by atoms with Crippen LogP contribution in [-0.4, -0.2) is 30.6 Å². The van der Waals surface area contributed by atoms with Crippen LogP contribution in [0.4, 0.5) is 5.69 Å². The topological polar surface area (TPSA) is 55.8 Å². The average Bonchev–Trinajstić information content (AvgIpc) is 3.28. The first-order valence-corrected chi connectivity index (χ1v) is 9.88. The lowest BCUT2D eigenvalue weighted by Crippen LogP contribution is -2.43. The molecule has 0 bridgehead atoms. The van der Waals surface area contributed by atoms with E-state index in [9.17, 15) is 9.59 Å². The Morgan fingerprint density at radius 2 is 1.89 bits per heavy atom. The lowest BCUT2D eigenvalue weighted by molar-refractivity contribution is -0.155. The first-order valence-electron chi connectivity index (χ1n) is 9.88. The summed E-state index contributed by atoms with van der Waals surface area (Å²) in [4.78, 5) is 26.8. The Hall–Kier alpha value is -2.82. The Bertz CT molecular complexity index is 907. The van der Waals surface area contributed by atoms with E-state index < -0.39 is 12.1 Å². The van der Waals surface area contributed by atoms with Gasteiger partial charge in [0.05, 0.1) is 0 Å². The summed E-state index contributed by atoms with van der Waals surface area (Å²) in [5, 5.41) is 0. The third kappa shape index (κ3) is 3.61. The third-order valence-corrected chi connectivity index (χ3v) is 5.53. The van der Waals surface area contributed by atoms with E-state index in [0.717, 1.165) is 30.5 Å². The lowest BCUT2D eigenvalue weighted by Gasteiger charge is -2.25. The maximum atomic E-state index is 12.9. The molecule has 4 rings (SSSR count). The molecule has 1 aliphatic carbocycles. The normalized spacial score (nSPS) is 18.4. The van der Waals surface area contributed by atoms with Gasteiger partial charge in [-0.2, -0.15) is 0 Å². The van der Waals surface area contributed by atoms with Crippen molar-refractivity contribution in [1.82, 2.24) is 0 Å². The largest absolute Gasteiger partial charge is 0.482 e. The maximum absolute atomic E-state index is 12.9. The van der Waals surface area contributed by atoms with Crippen LogP contribution < -0.4 is 9.64 Å². The smallest absolute Gasteiger partial charge is 0.344 e. The highest BCUT2D eigenvalue weighted by Crippen LogP contribution is 2.32. The summed E-state index contributed by atoms with van der Waals surface area (Å²) in [6, 6.07) is 13.8. The van der Waals surface area contributed by atoms with Crippen molar-refractivity contribution in [3.05, 3.63) is 59.2 Å². The number of amides is 1. The molecule has 0 radical (unpaired) electrons. The minimum absolute atomic E-state index is 0.0497. The van der Waals surface area contributed by atoms with E-state index in [2.05, 4.69) is 6.07 Å². The molecule has 2 aliphatic rings. The summed E-state index contributed by atoms with van der Waals surface area (Å²) in [5.74, 6) is -0.0801. The summed E-state index contributed by atoms with van der Waals surface area (Å²) in [6.45, 7) is 3.41. The van der Waals surface area contributed by atoms with Crippen LogP contribution in [0.3, 0.4) is 0 Å². The molecule has 5 nitrogen and oxygen atoms in total. The first kappa shape index (κ1) is 18.5. The molecule has 5 heteroatoms. The number of carbonyl (C=O) groups is 2. The van der Waals surface area contributed by atoms with Gasteiger partial charge in [0.15, 0.2) is 12.7 Å². The number of rotatable bonds is 5. The molecule has 0 saturated heterocycles. The molecular formula is C23H25NO4. The molecule has 0 saturated carbocycles. The molecule has 2 aromatic carbocycles. The van der Waals surface area contributed by atoms with Crippen LogP contribution in [0.15, 0.2) is 42.5 Å². The molecule has 1 heterocycles. The zero-order valence-corrected chi connectivity index (χ0v) is 16.3. The van der Waals surface area contributed by atoms with Crippen molar-refractivity contribution in [3.63, 3.8) is 0 Å². The number of para-hydroxylation sites is 1. The monoisotopic (exact) mass is 379 g/mol. The summed E-state index contributed by atoms with van der Waals surface area (Å²) in [6.07, 6.45) is 3.28. The third-order valence-electron chi connectivity index (χ3n) is 5.53. The van der Waals surface area contributed by atoms with Crippen molar-refractivity contribution in [2.24, 2.45) is 0 Å². The van der Waals surface area contributed by atoms with E-state index in [4.69, 9.17) is 9.47 Å². The lowest BCUT2D eigenvalue weighted by atomic mass is 10.1. The minimum Gasteiger partial charge on any atom is -0.482 e. The average molecular weight is 379 g/mol. The van der Waals surface area contributed by atoms with Gasteiger partial charge in [0.25, 0.3) is 5.91 Å². The SMILES string of the molecule is C[C@@H]1Cc2ccccc2N1C(=O)[C@@H](C)OC(=O)COc1ccc2c(c1)CCC2. The molecule has 1 aliphatic heterocycles. The second-order valence-corrected chi connectivity index (χ2v) is 7.59. The van der Waals surface area contributed by atoms with Gasteiger partial charge in [0.1, 0.15) is 5.75 Å². The number of fused-ring (bicyclic) bond motifs is 2. The van der Waals surface area contributed by atoms with Crippen LogP contribution in [0.1, 0.15) is 37.0 Å². The number of esters is 1. The van der Waals surface area contributed by atoms with Crippen molar-refractivity contribution in [2.45, 2.75) is 51.7 Å². The van der Waals surface area contributed by atoms with E-state index in [1.807, 2.05) is 43.3 Å². The maximum Gasteiger partial charge on any atom is 0.344 e. The Balaban J connectivity index is 1.33. The molecule has 0 fully saturated rings. The molecule has 1 amide bonds. The second-order valence-electron chi connectivity index (χ2n) is 7.59. The number of benzene rings is 2. The Morgan fingerprint density at radius 3 is 2.75 bits per heavy atom. The summed E-state index contributed by atoms with van der Waals surface area (Å²) >= 11 is 0. The number of nitrogens with zero attached hydrogens (tertiary/aromatic N) is 1. The molecule has 0 N–H and O–H groups in total. The van der Waals surface area contributed by atoms with E-state index in [1.54, 1.807) is 11.8 Å². The Labute approximate surface area is 165 Å². The van der Waals surface area contributed by atoms with Gasteiger partial charge in [-0.1, -0.05) is 24.3 Å². The fourth-order valence-electron chi connectivity index (χ4n) is 4.16. The Kier molecular flexibility index (Phi) is 5.07.